The van der Waals surface area contributed by atoms with Gasteiger partial charge >= 0.3 is 5.69 Å². The van der Waals surface area contributed by atoms with Crippen LogP contribution in [0.1, 0.15) is 24.3 Å². The Balaban J connectivity index is 1.58. The fraction of sp³-hybridized carbons (Fsp3) is 0.214. The second kappa shape index (κ2) is 7.92. The number of aromatic nitrogens is 5. The summed E-state index contributed by atoms with van der Waals surface area (Å²) in [5, 5.41) is 1.14. The summed E-state index contributed by atoms with van der Waals surface area (Å²) < 4.78 is 33.0. The second-order valence-electron chi connectivity index (χ2n) is 9.95. The molecule has 7 rings (SSSR count). The molecule has 0 aliphatic heterocycles. The van der Waals surface area contributed by atoms with Gasteiger partial charge in [-0.3, -0.25) is 13.7 Å². The van der Waals surface area contributed by atoms with E-state index in [0.717, 1.165) is 33.2 Å². The van der Waals surface area contributed by atoms with Crippen LogP contribution < -0.4 is 10.4 Å². The number of imidazole rings is 2. The predicted molar refractivity (Wildman–Crippen MR) is 148 cm³/mol. The zero-order valence-electron chi connectivity index (χ0n) is 21.2. The maximum Gasteiger partial charge on any atom is 0.328 e. The monoisotopic (exact) mass is 526 g/mol. The lowest BCUT2D eigenvalue weighted by atomic mass is 10.0. The Morgan fingerprint density at radius 2 is 1.76 bits per heavy atom. The Bertz CT molecular complexity index is 2090. The molecule has 6 aromatic rings. The summed E-state index contributed by atoms with van der Waals surface area (Å²) in [6.45, 7) is 0. The molecule has 3 aromatic carbocycles. The molecule has 1 saturated carbocycles. The van der Waals surface area contributed by atoms with Gasteiger partial charge in [-0.2, -0.15) is 0 Å². The summed E-state index contributed by atoms with van der Waals surface area (Å²) in [6.07, 6.45) is 4.32. The van der Waals surface area contributed by atoms with E-state index in [1.165, 1.54) is 25.5 Å². The zero-order chi connectivity index (χ0) is 26.3. The molecule has 10 heteroatoms. The molecule has 0 bridgehead atoms. The number of sulfonamides is 1. The number of hydrogen-bond donors (Lipinski definition) is 2. The van der Waals surface area contributed by atoms with E-state index < -0.39 is 10.0 Å². The standard InChI is InChI=1S/C28H26N6O3S/c1-29-38(36,37)18-10-11-21-24(14-18)34(17-9-12-23-25(13-17)33(3)28(35)32(23)2)27(31-21)20-15-30-22-6-4-5-19(26(20)22)16-7-8-16/h4-6,9-16,29-30H,7-8H2,1-3H3. The van der Waals surface area contributed by atoms with Crippen LogP contribution in [0.5, 0.6) is 0 Å². The van der Waals surface area contributed by atoms with Crippen molar-refractivity contribution in [3.05, 3.63) is 76.8 Å². The van der Waals surface area contributed by atoms with Gasteiger partial charge in [0, 0.05) is 42.4 Å². The molecule has 0 unspecified atom stereocenters. The lowest BCUT2D eigenvalue weighted by Gasteiger charge is -2.12. The fourth-order valence-electron chi connectivity index (χ4n) is 5.54. The topological polar surface area (TPSA) is 107 Å². The quantitative estimate of drug-likeness (QED) is 0.352. The van der Waals surface area contributed by atoms with E-state index in [1.54, 1.807) is 41.4 Å². The van der Waals surface area contributed by atoms with E-state index in [9.17, 15) is 13.2 Å². The minimum atomic E-state index is -3.67. The highest BCUT2D eigenvalue weighted by Gasteiger charge is 2.28. The van der Waals surface area contributed by atoms with Crippen molar-refractivity contribution in [2.24, 2.45) is 14.1 Å². The number of aromatic amines is 1. The van der Waals surface area contributed by atoms with Gasteiger partial charge in [-0.15, -0.1) is 0 Å². The Hall–Kier alpha value is -4.15. The lowest BCUT2D eigenvalue weighted by molar-refractivity contribution is 0.588. The van der Waals surface area contributed by atoms with Gasteiger partial charge in [-0.1, -0.05) is 12.1 Å². The minimum absolute atomic E-state index is 0.110. The van der Waals surface area contributed by atoms with E-state index in [1.807, 2.05) is 29.0 Å². The number of hydrogen-bond acceptors (Lipinski definition) is 4. The molecule has 3 heterocycles. The van der Waals surface area contributed by atoms with Gasteiger partial charge in [0.05, 0.1) is 27.0 Å². The van der Waals surface area contributed by atoms with E-state index >= 15 is 0 Å². The van der Waals surface area contributed by atoms with Gasteiger partial charge in [-0.05, 0) is 73.8 Å². The number of fused-ring (bicyclic) bond motifs is 3. The van der Waals surface area contributed by atoms with Crippen LogP contribution in [0.4, 0.5) is 0 Å². The van der Waals surface area contributed by atoms with Crippen LogP contribution in [-0.2, 0) is 24.1 Å². The molecule has 3 aromatic heterocycles. The third-order valence-electron chi connectivity index (χ3n) is 7.71. The highest BCUT2D eigenvalue weighted by molar-refractivity contribution is 7.89. The van der Waals surface area contributed by atoms with E-state index in [2.05, 4.69) is 27.9 Å². The Kier molecular flexibility index (Phi) is 4.80. The molecular weight excluding hydrogens is 500 g/mol. The van der Waals surface area contributed by atoms with E-state index in [4.69, 9.17) is 4.98 Å². The Morgan fingerprint density at radius 3 is 2.53 bits per heavy atom. The van der Waals surface area contributed by atoms with Crippen molar-refractivity contribution in [1.82, 2.24) is 28.4 Å². The number of nitrogens with one attached hydrogen (secondary N) is 2. The number of H-pyrrole nitrogens is 1. The van der Waals surface area contributed by atoms with Crippen molar-refractivity contribution in [3.8, 4) is 17.1 Å². The largest absolute Gasteiger partial charge is 0.360 e. The van der Waals surface area contributed by atoms with Gasteiger partial charge in [-0.25, -0.2) is 22.9 Å². The third kappa shape index (κ3) is 3.23. The minimum Gasteiger partial charge on any atom is -0.360 e. The molecule has 2 N–H and O–H groups in total. The van der Waals surface area contributed by atoms with Crippen molar-refractivity contribution in [2.45, 2.75) is 23.7 Å². The average molecular weight is 527 g/mol. The van der Waals surface area contributed by atoms with Crippen LogP contribution >= 0.6 is 0 Å². The van der Waals surface area contributed by atoms with Crippen LogP contribution in [0, 0.1) is 0 Å². The molecule has 0 spiro atoms. The van der Waals surface area contributed by atoms with Crippen LogP contribution in [0.25, 0.3) is 50.0 Å². The number of nitrogens with zero attached hydrogens (tertiary/aromatic N) is 4. The Morgan fingerprint density at radius 1 is 0.974 bits per heavy atom. The van der Waals surface area contributed by atoms with Crippen LogP contribution in [0.2, 0.25) is 0 Å². The summed E-state index contributed by atoms with van der Waals surface area (Å²) in [6, 6.07) is 17.1. The summed E-state index contributed by atoms with van der Waals surface area (Å²) in [5.41, 5.74) is 6.91. The van der Waals surface area contributed by atoms with Crippen molar-refractivity contribution < 1.29 is 8.42 Å². The molecule has 1 aliphatic rings. The number of rotatable bonds is 5. The van der Waals surface area contributed by atoms with Gasteiger partial charge in [0.15, 0.2) is 0 Å². The molecule has 38 heavy (non-hydrogen) atoms. The molecule has 0 amide bonds. The molecule has 0 saturated heterocycles. The van der Waals surface area contributed by atoms with Crippen LogP contribution in [-0.4, -0.2) is 39.1 Å². The van der Waals surface area contributed by atoms with Gasteiger partial charge < -0.3 is 4.98 Å². The van der Waals surface area contributed by atoms with Crippen LogP contribution in [0.3, 0.4) is 0 Å². The first kappa shape index (κ1) is 23.0. The number of benzene rings is 3. The highest BCUT2D eigenvalue weighted by atomic mass is 32.2. The average Bonchev–Trinajstić information content (AvgIpc) is 3.52. The summed E-state index contributed by atoms with van der Waals surface area (Å²) in [4.78, 5) is 21.2. The van der Waals surface area contributed by atoms with Crippen molar-refractivity contribution in [2.75, 3.05) is 7.05 Å². The van der Waals surface area contributed by atoms with Crippen LogP contribution in [0.15, 0.2) is 70.5 Å². The molecule has 9 nitrogen and oxygen atoms in total. The molecule has 192 valence electrons. The van der Waals surface area contributed by atoms with Gasteiger partial charge in [0.25, 0.3) is 0 Å². The predicted octanol–water partition coefficient (Wildman–Crippen LogP) is 4.15. The van der Waals surface area contributed by atoms with Gasteiger partial charge in [0.2, 0.25) is 10.0 Å². The van der Waals surface area contributed by atoms with Crippen molar-refractivity contribution in [3.63, 3.8) is 0 Å². The molecule has 1 fully saturated rings. The highest BCUT2D eigenvalue weighted by Crippen LogP contribution is 2.46. The van der Waals surface area contributed by atoms with Crippen molar-refractivity contribution in [1.29, 1.82) is 0 Å². The molecule has 1 aliphatic carbocycles. The SMILES string of the molecule is CNS(=O)(=O)c1ccc2nc(-c3c[nH]c4cccc(C5CC5)c34)n(-c3ccc4c(c3)n(C)c(=O)n4C)c2c1. The maximum atomic E-state index is 12.7. The fourth-order valence-corrected chi connectivity index (χ4v) is 6.29. The third-order valence-corrected chi connectivity index (χ3v) is 9.13. The van der Waals surface area contributed by atoms with E-state index in [0.29, 0.717) is 22.8 Å². The summed E-state index contributed by atoms with van der Waals surface area (Å²) in [5.74, 6) is 1.24. The molecule has 0 radical (unpaired) electrons. The number of aryl methyl sites for hydroxylation is 2. The molecular formula is C28H26N6O3S. The molecule has 0 atom stereocenters. The smallest absolute Gasteiger partial charge is 0.328 e. The van der Waals surface area contributed by atoms with E-state index in [-0.39, 0.29) is 10.6 Å². The maximum absolute atomic E-state index is 12.7. The lowest BCUT2D eigenvalue weighted by Crippen LogP contribution is -2.19. The second-order valence-corrected chi connectivity index (χ2v) is 11.8. The zero-order valence-corrected chi connectivity index (χ0v) is 22.0. The summed E-state index contributed by atoms with van der Waals surface area (Å²) >= 11 is 0. The first-order chi connectivity index (χ1) is 18.3. The first-order valence-electron chi connectivity index (χ1n) is 12.5. The normalized spacial score (nSPS) is 14.3. The summed E-state index contributed by atoms with van der Waals surface area (Å²) in [7, 11) is 1.24. The van der Waals surface area contributed by atoms with Gasteiger partial charge in [0.1, 0.15) is 5.82 Å². The van der Waals surface area contributed by atoms with Crippen molar-refractivity contribution >= 4 is 43.0 Å². The Labute approximate surface area is 218 Å². The first-order valence-corrected chi connectivity index (χ1v) is 14.0.